The van der Waals surface area contributed by atoms with Gasteiger partial charge in [-0.1, -0.05) is 41.4 Å². The van der Waals surface area contributed by atoms with Gasteiger partial charge in [-0.05, 0) is 35.9 Å². The number of ketones is 1. The molecule has 0 fully saturated rings. The maximum absolute atomic E-state index is 13.1. The molecular formula is C24H13Cl2N3O3S. The molecule has 0 amide bonds. The van der Waals surface area contributed by atoms with E-state index < -0.39 is 6.10 Å². The first-order chi connectivity index (χ1) is 16.0. The second-order valence-corrected chi connectivity index (χ2v) is 9.18. The molecule has 162 valence electrons. The van der Waals surface area contributed by atoms with E-state index in [9.17, 15) is 9.90 Å². The van der Waals surface area contributed by atoms with E-state index in [0.29, 0.717) is 38.9 Å². The van der Waals surface area contributed by atoms with Crippen LogP contribution in [0.5, 0.6) is 0 Å². The molecular weight excluding hydrogens is 481 g/mol. The number of carbonyl (C=O) groups is 1. The highest BCUT2D eigenvalue weighted by atomic mass is 35.5. The number of aliphatic hydroxyl groups excluding tert-OH is 1. The molecule has 33 heavy (non-hydrogen) atoms. The number of Topliss-reactive ketones (excluding diaryl/α,β-unsaturated/α-hetero) is 1. The topological polar surface area (TPSA) is 81.2 Å². The summed E-state index contributed by atoms with van der Waals surface area (Å²) >= 11 is 13.6. The van der Waals surface area contributed by atoms with E-state index in [1.54, 1.807) is 18.3 Å². The first-order valence-corrected chi connectivity index (χ1v) is 11.6. The molecule has 2 aromatic carbocycles. The molecule has 3 aromatic heterocycles. The van der Waals surface area contributed by atoms with E-state index >= 15 is 0 Å². The molecule has 3 heterocycles. The minimum absolute atomic E-state index is 0.223. The average molecular weight is 494 g/mol. The van der Waals surface area contributed by atoms with E-state index in [1.807, 2.05) is 40.3 Å². The number of oxazole rings is 1. The van der Waals surface area contributed by atoms with Crippen LogP contribution in [0.4, 0.5) is 0 Å². The first kappa shape index (κ1) is 20.4. The fraction of sp³-hybridized carbons (Fsp3) is 0.0417. The number of nitrogens with zero attached hydrogens (tertiary/aromatic N) is 3. The summed E-state index contributed by atoms with van der Waals surface area (Å²) in [4.78, 5) is 22.0. The van der Waals surface area contributed by atoms with Crippen LogP contribution >= 0.6 is 34.5 Å². The average Bonchev–Trinajstić information content (AvgIpc) is 3.57. The Morgan fingerprint density at radius 1 is 1.12 bits per heavy atom. The Labute approximate surface area is 201 Å². The van der Waals surface area contributed by atoms with Gasteiger partial charge in [0.2, 0.25) is 0 Å². The molecule has 1 aliphatic rings. The van der Waals surface area contributed by atoms with Crippen molar-refractivity contribution in [2.75, 3.05) is 0 Å². The second kappa shape index (κ2) is 7.67. The number of hydrogen-bond donors (Lipinski definition) is 1. The molecule has 1 aliphatic carbocycles. The van der Waals surface area contributed by atoms with E-state index in [2.05, 4.69) is 9.97 Å². The van der Waals surface area contributed by atoms with Crippen LogP contribution in [0.1, 0.15) is 27.7 Å². The number of hydrogen-bond acceptors (Lipinski definition) is 6. The third kappa shape index (κ3) is 3.24. The van der Waals surface area contributed by atoms with E-state index in [0.717, 1.165) is 5.69 Å². The summed E-state index contributed by atoms with van der Waals surface area (Å²) in [7, 11) is 0. The molecule has 1 unspecified atom stereocenters. The molecule has 6 nitrogen and oxygen atoms in total. The second-order valence-electron chi connectivity index (χ2n) is 7.47. The molecule has 0 bridgehead atoms. The normalized spacial score (nSPS) is 16.8. The van der Waals surface area contributed by atoms with E-state index in [1.165, 1.54) is 23.5 Å². The minimum atomic E-state index is -1.12. The van der Waals surface area contributed by atoms with Crippen molar-refractivity contribution in [1.29, 1.82) is 0 Å². The standard InChI is InChI=1S/C24H13Cl2N3O3S/c25-17-10-14-15(11-18(17)26)21(31)16(20(14)30)8-13-9-19-22(29(13)12-4-2-1-3-5-12)28-23(32-19)24-27-6-7-33-24/h1-11,20,30H/b16-8+. The summed E-state index contributed by atoms with van der Waals surface area (Å²) in [6.45, 7) is 0. The number of thiazole rings is 1. The first-order valence-electron chi connectivity index (χ1n) is 9.92. The number of rotatable bonds is 3. The molecule has 0 saturated heterocycles. The van der Waals surface area contributed by atoms with E-state index in [4.69, 9.17) is 27.6 Å². The van der Waals surface area contributed by atoms with Gasteiger partial charge in [0, 0.05) is 34.5 Å². The highest BCUT2D eigenvalue weighted by Gasteiger charge is 2.34. The summed E-state index contributed by atoms with van der Waals surface area (Å²) in [5.74, 6) is 0.123. The van der Waals surface area contributed by atoms with Crippen LogP contribution in [0.25, 0.3) is 33.9 Å². The van der Waals surface area contributed by atoms with Crippen LogP contribution in [0.15, 0.2) is 70.1 Å². The third-order valence-corrected chi connectivity index (χ3v) is 6.99. The number of aliphatic hydroxyl groups is 1. The molecule has 1 N–H and O–H groups in total. The SMILES string of the molecule is O=C1/C(=C/c2cc3oc(-c4nccs4)nc3n2-c2ccccc2)C(O)c2cc(Cl)c(Cl)cc21. The van der Waals surface area contributed by atoms with Crippen molar-refractivity contribution in [3.63, 3.8) is 0 Å². The molecule has 1 atom stereocenters. The summed E-state index contributed by atoms with van der Waals surface area (Å²) in [5.41, 5.74) is 3.60. The molecule has 9 heteroatoms. The zero-order chi connectivity index (χ0) is 22.7. The maximum Gasteiger partial charge on any atom is 0.258 e. The Kier molecular flexibility index (Phi) is 4.74. The van der Waals surface area contributed by atoms with Gasteiger partial charge >= 0.3 is 0 Å². The van der Waals surface area contributed by atoms with Crippen LogP contribution in [-0.2, 0) is 0 Å². The highest BCUT2D eigenvalue weighted by molar-refractivity contribution is 7.12. The van der Waals surface area contributed by atoms with Crippen LogP contribution in [0.2, 0.25) is 10.0 Å². The van der Waals surface area contributed by atoms with Gasteiger partial charge < -0.3 is 9.52 Å². The van der Waals surface area contributed by atoms with Crippen molar-refractivity contribution >= 4 is 57.6 Å². The monoisotopic (exact) mass is 493 g/mol. The fourth-order valence-electron chi connectivity index (χ4n) is 4.01. The van der Waals surface area contributed by atoms with E-state index in [-0.39, 0.29) is 21.4 Å². The van der Waals surface area contributed by atoms with Gasteiger partial charge in [0.25, 0.3) is 5.89 Å². The molecule has 5 aromatic rings. The van der Waals surface area contributed by atoms with Crippen LogP contribution in [0.3, 0.4) is 0 Å². The molecule has 6 rings (SSSR count). The summed E-state index contributed by atoms with van der Waals surface area (Å²) < 4.78 is 7.85. The van der Waals surface area contributed by atoms with Crippen molar-refractivity contribution in [2.24, 2.45) is 0 Å². The number of carbonyl (C=O) groups excluding carboxylic acids is 1. The molecule has 0 saturated carbocycles. The number of aromatic nitrogens is 3. The van der Waals surface area contributed by atoms with Crippen molar-refractivity contribution in [3.05, 3.63) is 92.5 Å². The number of para-hydroxylation sites is 1. The lowest BCUT2D eigenvalue weighted by molar-refractivity contribution is 0.102. The predicted octanol–water partition coefficient (Wildman–Crippen LogP) is 6.36. The zero-order valence-electron chi connectivity index (χ0n) is 16.7. The predicted molar refractivity (Wildman–Crippen MR) is 128 cm³/mol. The Morgan fingerprint density at radius 3 is 2.67 bits per heavy atom. The van der Waals surface area contributed by atoms with Crippen LogP contribution < -0.4 is 0 Å². The van der Waals surface area contributed by atoms with Gasteiger partial charge in [0.1, 0.15) is 6.10 Å². The van der Waals surface area contributed by atoms with Crippen molar-refractivity contribution in [2.45, 2.75) is 6.10 Å². The molecule has 0 spiro atoms. The van der Waals surface area contributed by atoms with Crippen LogP contribution in [0, 0.1) is 0 Å². The smallest absolute Gasteiger partial charge is 0.258 e. The quantitative estimate of drug-likeness (QED) is 0.295. The number of fused-ring (bicyclic) bond motifs is 2. The molecule has 0 radical (unpaired) electrons. The Bertz CT molecular complexity index is 1570. The lowest BCUT2D eigenvalue weighted by Crippen LogP contribution is -2.02. The minimum Gasteiger partial charge on any atom is -0.432 e. The van der Waals surface area contributed by atoms with Gasteiger partial charge in [0.05, 0.1) is 15.7 Å². The summed E-state index contributed by atoms with van der Waals surface area (Å²) in [6, 6.07) is 14.4. The van der Waals surface area contributed by atoms with Gasteiger partial charge in [-0.15, -0.1) is 11.3 Å². The third-order valence-electron chi connectivity index (χ3n) is 5.50. The van der Waals surface area contributed by atoms with Gasteiger partial charge in [0.15, 0.2) is 22.0 Å². The highest BCUT2D eigenvalue weighted by Crippen LogP contribution is 2.41. The largest absolute Gasteiger partial charge is 0.432 e. The van der Waals surface area contributed by atoms with Crippen molar-refractivity contribution in [1.82, 2.24) is 14.5 Å². The zero-order valence-corrected chi connectivity index (χ0v) is 19.0. The summed E-state index contributed by atoms with van der Waals surface area (Å²) in [6.07, 6.45) is 2.23. The lowest BCUT2D eigenvalue weighted by atomic mass is 10.1. The molecule has 0 aliphatic heterocycles. The van der Waals surface area contributed by atoms with Crippen molar-refractivity contribution in [3.8, 4) is 16.6 Å². The van der Waals surface area contributed by atoms with Gasteiger partial charge in [-0.25, -0.2) is 4.98 Å². The van der Waals surface area contributed by atoms with Crippen molar-refractivity contribution < 1.29 is 14.3 Å². The lowest BCUT2D eigenvalue weighted by Gasteiger charge is -2.09. The maximum atomic E-state index is 13.1. The van der Waals surface area contributed by atoms with Gasteiger partial charge in [-0.3, -0.25) is 9.36 Å². The Balaban J connectivity index is 1.53. The summed E-state index contributed by atoms with van der Waals surface area (Å²) in [5, 5.41) is 14.0. The van der Waals surface area contributed by atoms with Crippen LogP contribution in [-0.4, -0.2) is 25.4 Å². The number of halogens is 2. The Morgan fingerprint density at radius 2 is 1.91 bits per heavy atom. The van der Waals surface area contributed by atoms with Gasteiger partial charge in [-0.2, -0.15) is 4.98 Å². The number of benzene rings is 2. The Hall–Kier alpha value is -3.23. The fourth-order valence-corrected chi connectivity index (χ4v) is 4.91.